The Morgan fingerprint density at radius 2 is 2.06 bits per heavy atom. The van der Waals surface area contributed by atoms with E-state index in [0.717, 1.165) is 4.90 Å². The maximum Gasteiger partial charge on any atom is 0.406 e. The molecule has 1 aromatic heterocycles. The lowest BCUT2D eigenvalue weighted by Gasteiger charge is -2.20. The van der Waals surface area contributed by atoms with Gasteiger partial charge in [-0.25, -0.2) is 0 Å². The monoisotopic (exact) mass is 271 g/mol. The van der Waals surface area contributed by atoms with E-state index in [9.17, 15) is 13.2 Å². The van der Waals surface area contributed by atoms with Crippen molar-refractivity contribution in [3.05, 3.63) is 5.89 Å². The molecule has 4 nitrogen and oxygen atoms in total. The molecule has 0 radical (unpaired) electrons. The average molecular weight is 272 g/mol. The van der Waals surface area contributed by atoms with Gasteiger partial charge in [0.15, 0.2) is 0 Å². The first kappa shape index (κ1) is 14.1. The molecule has 17 heavy (non-hydrogen) atoms. The molecule has 0 saturated carbocycles. The molecule has 0 amide bonds. The molecule has 0 aliphatic heterocycles. The van der Waals surface area contributed by atoms with Crippen LogP contribution in [0.25, 0.3) is 0 Å². The summed E-state index contributed by atoms with van der Waals surface area (Å²) in [6, 6.07) is -0.147. The van der Waals surface area contributed by atoms with Crippen LogP contribution in [0, 0.1) is 0 Å². The highest BCUT2D eigenvalue weighted by Crippen LogP contribution is 2.24. The van der Waals surface area contributed by atoms with E-state index in [2.05, 4.69) is 10.2 Å². The Kier molecular flexibility index (Phi) is 4.62. The van der Waals surface area contributed by atoms with E-state index in [1.165, 1.54) is 0 Å². The van der Waals surface area contributed by atoms with Crippen LogP contribution in [0.15, 0.2) is 4.42 Å². The van der Waals surface area contributed by atoms with Crippen molar-refractivity contribution in [1.29, 1.82) is 0 Å². The van der Waals surface area contributed by atoms with E-state index in [1.54, 1.807) is 13.8 Å². The minimum atomic E-state index is -4.31. The molecule has 1 unspecified atom stereocenters. The average Bonchev–Trinajstić information content (AvgIpc) is 2.63. The molecule has 1 heterocycles. The van der Waals surface area contributed by atoms with Gasteiger partial charge in [0.1, 0.15) is 11.9 Å². The van der Waals surface area contributed by atoms with Gasteiger partial charge in [-0.05, 0) is 13.3 Å². The number of alkyl halides is 4. The van der Waals surface area contributed by atoms with Gasteiger partial charge in [-0.15, -0.1) is 16.7 Å². The quantitative estimate of drug-likeness (QED) is 0.772. The van der Waals surface area contributed by atoms with Crippen molar-refractivity contribution in [2.75, 3.05) is 18.0 Å². The van der Waals surface area contributed by atoms with Crippen molar-refractivity contribution in [2.24, 2.45) is 0 Å². The van der Waals surface area contributed by atoms with E-state index in [0.29, 0.717) is 6.42 Å². The van der Waals surface area contributed by atoms with E-state index in [1.807, 2.05) is 0 Å². The van der Waals surface area contributed by atoms with E-state index < -0.39 is 18.1 Å². The van der Waals surface area contributed by atoms with Crippen molar-refractivity contribution < 1.29 is 17.6 Å². The molecule has 0 spiro atoms. The van der Waals surface area contributed by atoms with Crippen LogP contribution in [-0.4, -0.2) is 29.5 Å². The van der Waals surface area contributed by atoms with Crippen molar-refractivity contribution >= 4 is 17.6 Å². The SMILES string of the molecule is CCCN(CC(F)(F)F)c1nnc(C(C)Cl)o1. The van der Waals surface area contributed by atoms with E-state index in [4.69, 9.17) is 16.0 Å². The van der Waals surface area contributed by atoms with Crippen LogP contribution >= 0.6 is 11.6 Å². The summed E-state index contributed by atoms with van der Waals surface area (Å²) >= 11 is 5.69. The lowest BCUT2D eigenvalue weighted by atomic mass is 10.4. The second-order valence-electron chi connectivity index (χ2n) is 3.58. The Morgan fingerprint density at radius 3 is 2.47 bits per heavy atom. The lowest BCUT2D eigenvalue weighted by Crippen LogP contribution is -2.35. The summed E-state index contributed by atoms with van der Waals surface area (Å²) in [7, 11) is 0. The van der Waals surface area contributed by atoms with Gasteiger partial charge < -0.3 is 9.32 Å². The summed E-state index contributed by atoms with van der Waals surface area (Å²) in [6.45, 7) is 2.45. The molecule has 1 atom stereocenters. The van der Waals surface area contributed by atoms with Crippen LogP contribution in [0.4, 0.5) is 19.2 Å². The predicted molar refractivity (Wildman–Crippen MR) is 57.1 cm³/mol. The molecule has 0 aromatic carbocycles. The van der Waals surface area contributed by atoms with Gasteiger partial charge in [-0.2, -0.15) is 13.2 Å². The number of anilines is 1. The topological polar surface area (TPSA) is 42.2 Å². The summed E-state index contributed by atoms with van der Waals surface area (Å²) in [5, 5.41) is 6.63. The molecule has 8 heteroatoms. The second-order valence-corrected chi connectivity index (χ2v) is 4.23. The first-order chi connectivity index (χ1) is 7.83. The summed E-state index contributed by atoms with van der Waals surface area (Å²) in [4.78, 5) is 0.996. The highest BCUT2D eigenvalue weighted by molar-refractivity contribution is 6.20. The number of halogens is 4. The highest BCUT2D eigenvalue weighted by atomic mass is 35.5. The standard InChI is InChI=1S/C9H13ClF3N3O/c1-3-4-16(5-9(11,12)13)8-15-14-7(17-8)6(2)10/h6H,3-5H2,1-2H3. The van der Waals surface area contributed by atoms with Crippen LogP contribution in [0.3, 0.4) is 0 Å². The Morgan fingerprint density at radius 1 is 1.41 bits per heavy atom. The summed E-state index contributed by atoms with van der Waals surface area (Å²) < 4.78 is 42.0. The molecular formula is C9H13ClF3N3O. The smallest absolute Gasteiger partial charge is 0.406 e. The van der Waals surface area contributed by atoms with Crippen LogP contribution in [0.5, 0.6) is 0 Å². The van der Waals surface area contributed by atoms with Gasteiger partial charge in [0.05, 0.1) is 0 Å². The van der Waals surface area contributed by atoms with Crippen LogP contribution in [-0.2, 0) is 0 Å². The van der Waals surface area contributed by atoms with Crippen molar-refractivity contribution in [2.45, 2.75) is 31.8 Å². The van der Waals surface area contributed by atoms with Crippen molar-refractivity contribution in [3.63, 3.8) is 0 Å². The summed E-state index contributed by atoms with van der Waals surface area (Å²) in [6.07, 6.45) is -3.76. The van der Waals surface area contributed by atoms with Gasteiger partial charge >= 0.3 is 12.2 Å². The molecule has 0 aliphatic rings. The lowest BCUT2D eigenvalue weighted by molar-refractivity contribution is -0.120. The second kappa shape index (κ2) is 5.57. The Balaban J connectivity index is 2.81. The summed E-state index contributed by atoms with van der Waals surface area (Å²) in [5.41, 5.74) is 0. The minimum Gasteiger partial charge on any atom is -0.406 e. The van der Waals surface area contributed by atoms with Gasteiger partial charge in [-0.1, -0.05) is 12.0 Å². The fraction of sp³-hybridized carbons (Fsp3) is 0.778. The fourth-order valence-electron chi connectivity index (χ4n) is 1.24. The third kappa shape index (κ3) is 4.41. The van der Waals surface area contributed by atoms with E-state index in [-0.39, 0.29) is 18.5 Å². The normalized spacial score (nSPS) is 13.8. The predicted octanol–water partition coefficient (Wildman–Crippen LogP) is 3.15. The first-order valence-corrected chi connectivity index (χ1v) is 5.56. The maximum absolute atomic E-state index is 12.3. The number of hydrogen-bond donors (Lipinski definition) is 0. The summed E-state index contributed by atoms with van der Waals surface area (Å²) in [5.74, 6) is 0.116. The van der Waals surface area contributed by atoms with Crippen LogP contribution in [0.1, 0.15) is 31.5 Å². The zero-order valence-corrected chi connectivity index (χ0v) is 10.2. The zero-order chi connectivity index (χ0) is 13.1. The third-order valence-electron chi connectivity index (χ3n) is 1.90. The fourth-order valence-corrected chi connectivity index (χ4v) is 1.33. The number of aromatic nitrogens is 2. The van der Waals surface area contributed by atoms with Crippen molar-refractivity contribution in [1.82, 2.24) is 10.2 Å². The first-order valence-electron chi connectivity index (χ1n) is 5.12. The molecule has 1 aromatic rings. The minimum absolute atomic E-state index is 0.116. The Hall–Kier alpha value is -0.980. The number of rotatable bonds is 5. The zero-order valence-electron chi connectivity index (χ0n) is 9.46. The van der Waals surface area contributed by atoms with Gasteiger partial charge in [0, 0.05) is 6.54 Å². The number of hydrogen-bond acceptors (Lipinski definition) is 4. The molecule has 1 rings (SSSR count). The Bertz CT molecular complexity index is 354. The maximum atomic E-state index is 12.3. The molecule has 0 fully saturated rings. The van der Waals surface area contributed by atoms with E-state index >= 15 is 0 Å². The van der Waals surface area contributed by atoms with Crippen LogP contribution in [0.2, 0.25) is 0 Å². The van der Waals surface area contributed by atoms with Gasteiger partial charge in [-0.3, -0.25) is 0 Å². The van der Waals surface area contributed by atoms with Crippen LogP contribution < -0.4 is 4.90 Å². The Labute approximate surface area is 102 Å². The molecule has 0 aliphatic carbocycles. The van der Waals surface area contributed by atoms with Gasteiger partial charge in [0.2, 0.25) is 5.89 Å². The number of nitrogens with zero attached hydrogens (tertiary/aromatic N) is 3. The molecule has 0 saturated heterocycles. The highest BCUT2D eigenvalue weighted by Gasteiger charge is 2.32. The third-order valence-corrected chi connectivity index (χ3v) is 2.09. The largest absolute Gasteiger partial charge is 0.406 e. The molecule has 98 valence electrons. The molecule has 0 bridgehead atoms. The molecular weight excluding hydrogens is 259 g/mol. The van der Waals surface area contributed by atoms with Crippen molar-refractivity contribution in [3.8, 4) is 0 Å². The molecule has 0 N–H and O–H groups in total. The van der Waals surface area contributed by atoms with Gasteiger partial charge in [0.25, 0.3) is 0 Å².